The first-order valence-corrected chi connectivity index (χ1v) is 12.5. The molecule has 1 aliphatic carbocycles. The van der Waals surface area contributed by atoms with Crippen LogP contribution in [0.25, 0.3) is 5.65 Å². The van der Waals surface area contributed by atoms with E-state index >= 15 is 0 Å². The Balaban J connectivity index is 1.32. The summed E-state index contributed by atoms with van der Waals surface area (Å²) < 4.78 is 6.76. The molecule has 3 N–H and O–H groups in total. The van der Waals surface area contributed by atoms with E-state index in [1.807, 2.05) is 6.07 Å². The summed E-state index contributed by atoms with van der Waals surface area (Å²) in [5.41, 5.74) is 2.61. The van der Waals surface area contributed by atoms with Crippen LogP contribution < -0.4 is 20.9 Å². The van der Waals surface area contributed by atoms with Crippen molar-refractivity contribution in [2.45, 2.75) is 43.8 Å². The number of benzene rings is 1. The van der Waals surface area contributed by atoms with E-state index < -0.39 is 0 Å². The molecule has 4 heterocycles. The lowest BCUT2D eigenvalue weighted by Crippen LogP contribution is -2.55. The van der Waals surface area contributed by atoms with E-state index in [4.69, 9.17) is 16.3 Å². The van der Waals surface area contributed by atoms with Crippen molar-refractivity contribution in [2.75, 3.05) is 41.8 Å². The van der Waals surface area contributed by atoms with E-state index in [9.17, 15) is 10.5 Å². The third-order valence-electron chi connectivity index (χ3n) is 6.70. The molecule has 1 saturated carbocycles. The number of imidazole rings is 1. The molecule has 6 rings (SSSR count). The third kappa shape index (κ3) is 4.49. The molecule has 3 fully saturated rings. The number of piperidine rings is 1. The molecule has 3 aliphatic rings. The standard InChI is InChI=1S/C24H25ClN10O/c25-21-19(31-24-32-22(30-15-3-4-15)23-28-10-18(9-27)35(23)33-24)6-14(8-26)7-20(21)34-5-1-2-16(11-34)29-17-12-36-13-17/h6-7,10,15-17,29H,1-5,11-13H2,(H2,30,31,32,33)/t16-/m1/s1. The van der Waals surface area contributed by atoms with Gasteiger partial charge in [-0.3, -0.25) is 0 Å². The maximum atomic E-state index is 9.73. The summed E-state index contributed by atoms with van der Waals surface area (Å²) in [6, 6.07) is 8.94. The summed E-state index contributed by atoms with van der Waals surface area (Å²) in [6.07, 6.45) is 5.70. The van der Waals surface area contributed by atoms with Gasteiger partial charge >= 0.3 is 0 Å². The van der Waals surface area contributed by atoms with Crippen LogP contribution in [0.4, 0.5) is 23.1 Å². The van der Waals surface area contributed by atoms with Gasteiger partial charge in [0, 0.05) is 25.2 Å². The highest BCUT2D eigenvalue weighted by molar-refractivity contribution is 6.36. The smallest absolute Gasteiger partial charge is 0.247 e. The van der Waals surface area contributed by atoms with Crippen molar-refractivity contribution in [3.05, 3.63) is 34.6 Å². The number of nitrogens with zero attached hydrogens (tertiary/aromatic N) is 7. The largest absolute Gasteiger partial charge is 0.378 e. The highest BCUT2D eigenvalue weighted by atomic mass is 35.5. The Kier molecular flexibility index (Phi) is 5.97. The van der Waals surface area contributed by atoms with Gasteiger partial charge in [0.05, 0.1) is 53.5 Å². The highest BCUT2D eigenvalue weighted by Gasteiger charge is 2.28. The first-order chi connectivity index (χ1) is 17.6. The van der Waals surface area contributed by atoms with Crippen LogP contribution in [0.15, 0.2) is 18.3 Å². The molecule has 0 amide bonds. The van der Waals surface area contributed by atoms with E-state index in [-0.39, 0.29) is 5.95 Å². The van der Waals surface area contributed by atoms with Gasteiger partial charge in [0.25, 0.3) is 0 Å². The minimum absolute atomic E-state index is 0.256. The number of rotatable bonds is 7. The number of hydrogen-bond acceptors (Lipinski definition) is 10. The van der Waals surface area contributed by atoms with Crippen molar-refractivity contribution in [2.24, 2.45) is 0 Å². The quantitative estimate of drug-likeness (QED) is 0.440. The Labute approximate surface area is 213 Å². The van der Waals surface area contributed by atoms with Gasteiger partial charge in [-0.15, -0.1) is 5.10 Å². The number of halogens is 1. The van der Waals surface area contributed by atoms with Crippen molar-refractivity contribution in [1.82, 2.24) is 24.9 Å². The molecule has 3 aromatic rings. The fourth-order valence-electron chi connectivity index (χ4n) is 4.64. The Bertz CT molecular complexity index is 1380. The molecule has 2 aliphatic heterocycles. The Morgan fingerprint density at radius 1 is 1.08 bits per heavy atom. The summed E-state index contributed by atoms with van der Waals surface area (Å²) in [4.78, 5) is 11.2. The number of hydrogen-bond donors (Lipinski definition) is 3. The molecule has 12 heteroatoms. The second kappa shape index (κ2) is 9.43. The lowest BCUT2D eigenvalue weighted by Gasteiger charge is -2.39. The van der Waals surface area contributed by atoms with Gasteiger partial charge in [0.1, 0.15) is 6.07 Å². The Hall–Kier alpha value is -3.64. The van der Waals surface area contributed by atoms with Gasteiger partial charge in [0.15, 0.2) is 17.2 Å². The van der Waals surface area contributed by atoms with E-state index in [0.29, 0.717) is 51.6 Å². The van der Waals surface area contributed by atoms with Gasteiger partial charge in [-0.2, -0.15) is 20.0 Å². The van der Waals surface area contributed by atoms with Crippen LogP contribution in [-0.2, 0) is 4.74 Å². The minimum Gasteiger partial charge on any atom is -0.378 e. The Morgan fingerprint density at radius 2 is 1.94 bits per heavy atom. The first kappa shape index (κ1) is 22.8. The molecule has 0 bridgehead atoms. The number of nitrogens with one attached hydrogen (secondary N) is 3. The van der Waals surface area contributed by atoms with Gasteiger partial charge < -0.3 is 25.6 Å². The summed E-state index contributed by atoms with van der Waals surface area (Å²) in [5.74, 6) is 0.806. The van der Waals surface area contributed by atoms with Crippen LogP contribution in [0, 0.1) is 22.7 Å². The number of anilines is 4. The molecule has 0 unspecified atom stereocenters. The minimum atomic E-state index is 0.256. The van der Waals surface area contributed by atoms with E-state index in [2.05, 4.69) is 48.1 Å². The third-order valence-corrected chi connectivity index (χ3v) is 7.09. The van der Waals surface area contributed by atoms with Crippen molar-refractivity contribution >= 4 is 40.4 Å². The van der Waals surface area contributed by atoms with Crippen molar-refractivity contribution < 1.29 is 4.74 Å². The fraction of sp³-hybridized carbons (Fsp3) is 0.458. The predicted octanol–water partition coefficient (Wildman–Crippen LogP) is 2.80. The van der Waals surface area contributed by atoms with Crippen molar-refractivity contribution in [3.8, 4) is 12.1 Å². The van der Waals surface area contributed by atoms with Gasteiger partial charge in [-0.05, 0) is 37.8 Å². The molecular weight excluding hydrogens is 480 g/mol. The number of nitriles is 2. The normalized spacial score (nSPS) is 20.0. The SMILES string of the molecule is N#Cc1cc(Nc2nc(NC3CC3)c3ncc(C#N)n3n2)c(Cl)c(N2CCC[C@@H](NC3COC3)C2)c1. The molecule has 2 saturated heterocycles. The van der Waals surface area contributed by atoms with Crippen LogP contribution >= 0.6 is 11.6 Å². The molecule has 184 valence electrons. The van der Waals surface area contributed by atoms with Gasteiger partial charge in [-0.25, -0.2) is 4.98 Å². The lowest BCUT2D eigenvalue weighted by atomic mass is 10.0. The maximum absolute atomic E-state index is 9.73. The van der Waals surface area contributed by atoms with Crippen LogP contribution in [0.3, 0.4) is 0 Å². The van der Waals surface area contributed by atoms with Gasteiger partial charge in [0.2, 0.25) is 5.95 Å². The monoisotopic (exact) mass is 504 g/mol. The summed E-state index contributed by atoms with van der Waals surface area (Å²) >= 11 is 6.91. The molecule has 2 aromatic heterocycles. The predicted molar refractivity (Wildman–Crippen MR) is 135 cm³/mol. The van der Waals surface area contributed by atoms with E-state index in [0.717, 1.165) is 57.7 Å². The highest BCUT2D eigenvalue weighted by Crippen LogP contribution is 2.37. The lowest BCUT2D eigenvalue weighted by molar-refractivity contribution is -0.0106. The molecule has 1 atom stereocenters. The molecule has 36 heavy (non-hydrogen) atoms. The second-order valence-corrected chi connectivity index (χ2v) is 9.85. The summed E-state index contributed by atoms with van der Waals surface area (Å²) in [6.45, 7) is 3.15. The molecule has 0 radical (unpaired) electrons. The van der Waals surface area contributed by atoms with Crippen LogP contribution in [0.5, 0.6) is 0 Å². The van der Waals surface area contributed by atoms with E-state index in [1.54, 1.807) is 6.07 Å². The molecule has 0 spiro atoms. The Morgan fingerprint density at radius 3 is 2.67 bits per heavy atom. The van der Waals surface area contributed by atoms with Crippen LogP contribution in [0.1, 0.15) is 36.9 Å². The zero-order valence-corrected chi connectivity index (χ0v) is 20.3. The molecule has 1 aromatic carbocycles. The number of ether oxygens (including phenoxy) is 1. The van der Waals surface area contributed by atoms with Crippen molar-refractivity contribution in [1.29, 1.82) is 10.5 Å². The molecule has 11 nitrogen and oxygen atoms in total. The van der Waals surface area contributed by atoms with Crippen LogP contribution in [-0.4, -0.2) is 64.0 Å². The number of fused-ring (bicyclic) bond motifs is 1. The topological polar surface area (TPSA) is 139 Å². The number of aromatic nitrogens is 4. The molecular formula is C24H25ClN10O. The summed E-state index contributed by atoms with van der Waals surface area (Å²) in [5, 5.41) is 34.4. The maximum Gasteiger partial charge on any atom is 0.247 e. The van der Waals surface area contributed by atoms with Gasteiger partial charge in [-0.1, -0.05) is 11.6 Å². The zero-order valence-electron chi connectivity index (χ0n) is 19.5. The fourth-order valence-corrected chi connectivity index (χ4v) is 4.92. The van der Waals surface area contributed by atoms with E-state index in [1.165, 1.54) is 10.7 Å². The van der Waals surface area contributed by atoms with Crippen molar-refractivity contribution in [3.63, 3.8) is 0 Å². The van der Waals surface area contributed by atoms with Crippen LogP contribution in [0.2, 0.25) is 5.02 Å². The summed E-state index contributed by atoms with van der Waals surface area (Å²) in [7, 11) is 0. The average Bonchev–Trinajstić information content (AvgIpc) is 3.58. The second-order valence-electron chi connectivity index (χ2n) is 9.47. The zero-order chi connectivity index (χ0) is 24.6. The average molecular weight is 505 g/mol. The first-order valence-electron chi connectivity index (χ1n) is 12.1.